The Bertz CT molecular complexity index is 419. The molecule has 0 spiro atoms. The second-order valence-corrected chi connectivity index (χ2v) is 6.10. The summed E-state index contributed by atoms with van der Waals surface area (Å²) in [7, 11) is 0. The van der Waals surface area contributed by atoms with E-state index in [-0.39, 0.29) is 5.41 Å². The zero-order valence-electron chi connectivity index (χ0n) is 11.1. The third-order valence-corrected chi connectivity index (χ3v) is 3.92. The minimum Gasteiger partial charge on any atom is -0.368 e. The van der Waals surface area contributed by atoms with Crippen LogP contribution in [0, 0.1) is 11.3 Å². The molecule has 0 aliphatic rings. The van der Waals surface area contributed by atoms with E-state index in [4.69, 9.17) is 29.0 Å². The molecule has 1 rings (SSSR count). The van der Waals surface area contributed by atoms with Crippen molar-refractivity contribution in [3.8, 4) is 0 Å². The summed E-state index contributed by atoms with van der Waals surface area (Å²) in [4.78, 5) is 4.24. The van der Waals surface area contributed by atoms with Crippen LogP contribution in [0.5, 0.6) is 0 Å². The number of nitrogens with one attached hydrogen (secondary N) is 2. The monoisotopic (exact) mass is 290 g/mol. The molecule has 0 aliphatic carbocycles. The molecule has 0 aliphatic heterocycles. The molecule has 1 heterocycles. The van der Waals surface area contributed by atoms with E-state index in [1.807, 2.05) is 0 Å². The van der Waals surface area contributed by atoms with Crippen LogP contribution in [0.4, 0.5) is 11.6 Å². The van der Waals surface area contributed by atoms with E-state index in [1.54, 1.807) is 6.07 Å². The van der Waals surface area contributed by atoms with Gasteiger partial charge in [0.05, 0.1) is 10.0 Å². The molecule has 4 N–H and O–H groups in total. The molecular weight excluding hydrogens is 271 g/mol. The minimum atomic E-state index is 0.140. The van der Waals surface area contributed by atoms with Crippen LogP contribution in [0.25, 0.3) is 0 Å². The molecule has 6 heteroatoms. The molecule has 0 atom stereocenters. The van der Waals surface area contributed by atoms with Crippen molar-refractivity contribution in [2.24, 2.45) is 17.2 Å². The molecule has 0 bridgehead atoms. The third-order valence-electron chi connectivity index (χ3n) is 3.34. The fraction of sp³-hybridized carbons (Fsp3) is 0.583. The van der Waals surface area contributed by atoms with Gasteiger partial charge in [0, 0.05) is 6.54 Å². The fourth-order valence-corrected chi connectivity index (χ4v) is 1.69. The molecule has 102 valence electrons. The topological polar surface area (TPSA) is 63.0 Å². The van der Waals surface area contributed by atoms with Gasteiger partial charge in [-0.3, -0.25) is 0 Å². The van der Waals surface area contributed by atoms with E-state index < -0.39 is 0 Å². The molecule has 1 aromatic heterocycles. The summed E-state index contributed by atoms with van der Waals surface area (Å²) in [5.41, 5.74) is 2.58. The van der Waals surface area contributed by atoms with Crippen LogP contribution in [0.15, 0.2) is 6.07 Å². The van der Waals surface area contributed by atoms with Gasteiger partial charge in [0.25, 0.3) is 0 Å². The number of nitrogens with zero attached hydrogens (tertiary/aromatic N) is 1. The van der Waals surface area contributed by atoms with Crippen molar-refractivity contribution in [1.82, 2.24) is 4.98 Å². The van der Waals surface area contributed by atoms with E-state index in [2.05, 4.69) is 43.4 Å². The van der Waals surface area contributed by atoms with Crippen LogP contribution >= 0.6 is 23.2 Å². The zero-order chi connectivity index (χ0) is 13.9. The van der Waals surface area contributed by atoms with E-state index in [0.29, 0.717) is 27.6 Å². The molecule has 0 saturated carbocycles. The van der Waals surface area contributed by atoms with Gasteiger partial charge in [0.15, 0.2) is 5.82 Å². The summed E-state index contributed by atoms with van der Waals surface area (Å²) < 4.78 is 0. The first kappa shape index (κ1) is 15.3. The molecule has 0 fully saturated rings. The van der Waals surface area contributed by atoms with Crippen molar-refractivity contribution in [2.75, 3.05) is 17.3 Å². The highest BCUT2D eigenvalue weighted by Gasteiger charge is 2.22. The van der Waals surface area contributed by atoms with E-state index >= 15 is 0 Å². The number of pyridine rings is 1. The van der Waals surface area contributed by atoms with E-state index in [9.17, 15) is 0 Å². The maximum absolute atomic E-state index is 6.09. The highest BCUT2D eigenvalue weighted by Crippen LogP contribution is 2.31. The van der Waals surface area contributed by atoms with E-state index in [1.165, 1.54) is 0 Å². The average Bonchev–Trinajstić information content (AvgIpc) is 2.27. The molecule has 0 saturated heterocycles. The van der Waals surface area contributed by atoms with Gasteiger partial charge >= 0.3 is 0 Å². The first-order chi connectivity index (χ1) is 8.27. The van der Waals surface area contributed by atoms with Crippen molar-refractivity contribution in [1.29, 1.82) is 0 Å². The van der Waals surface area contributed by atoms with Crippen LogP contribution in [-0.4, -0.2) is 11.5 Å². The van der Waals surface area contributed by atoms with Crippen LogP contribution < -0.4 is 16.6 Å². The predicted molar refractivity (Wildman–Crippen MR) is 79.2 cm³/mol. The Kier molecular flexibility index (Phi) is 5.08. The van der Waals surface area contributed by atoms with Crippen molar-refractivity contribution in [3.63, 3.8) is 0 Å². The van der Waals surface area contributed by atoms with Gasteiger partial charge in [-0.2, -0.15) is 0 Å². The molecule has 0 amide bonds. The standard InChI is InChI=1S/C12H20Cl2N4/c1-7(2)12(3,4)6-16-10-8(13)5-9(14)11(17-10)18-15/h5,7H,6,15H2,1-4H3,(H2,16,17,18). The quantitative estimate of drug-likeness (QED) is 0.571. The largest absolute Gasteiger partial charge is 0.368 e. The number of hydrogen-bond acceptors (Lipinski definition) is 4. The average molecular weight is 291 g/mol. The normalized spacial score (nSPS) is 11.8. The van der Waals surface area contributed by atoms with Gasteiger partial charge in [-0.1, -0.05) is 50.9 Å². The second-order valence-electron chi connectivity index (χ2n) is 5.29. The summed E-state index contributed by atoms with van der Waals surface area (Å²) in [6.45, 7) is 9.52. The Morgan fingerprint density at radius 2 is 1.83 bits per heavy atom. The fourth-order valence-electron chi connectivity index (χ4n) is 1.21. The summed E-state index contributed by atoms with van der Waals surface area (Å²) in [5, 5.41) is 4.12. The number of anilines is 2. The van der Waals surface area contributed by atoms with Crippen molar-refractivity contribution >= 4 is 34.8 Å². The molecular formula is C12H20Cl2N4. The maximum atomic E-state index is 6.09. The lowest BCUT2D eigenvalue weighted by Gasteiger charge is -2.29. The van der Waals surface area contributed by atoms with Crippen molar-refractivity contribution in [2.45, 2.75) is 27.7 Å². The number of rotatable bonds is 5. The lowest BCUT2D eigenvalue weighted by atomic mass is 9.81. The lowest BCUT2D eigenvalue weighted by molar-refractivity contribution is 0.269. The SMILES string of the molecule is CC(C)C(C)(C)CNc1nc(NN)c(Cl)cc1Cl. The number of hydrazine groups is 1. The highest BCUT2D eigenvalue weighted by molar-refractivity contribution is 6.37. The van der Waals surface area contributed by atoms with Crippen LogP contribution in [-0.2, 0) is 0 Å². The van der Waals surface area contributed by atoms with Gasteiger partial charge in [-0.25, -0.2) is 10.8 Å². The number of nitrogen functional groups attached to an aromatic ring is 1. The Labute approximate surface area is 118 Å². The van der Waals surface area contributed by atoms with Crippen molar-refractivity contribution in [3.05, 3.63) is 16.1 Å². The first-order valence-electron chi connectivity index (χ1n) is 5.84. The lowest BCUT2D eigenvalue weighted by Crippen LogP contribution is -2.29. The summed E-state index contributed by atoms with van der Waals surface area (Å²) in [6, 6.07) is 1.62. The molecule has 0 unspecified atom stereocenters. The van der Waals surface area contributed by atoms with Gasteiger partial charge in [0.2, 0.25) is 0 Å². The minimum absolute atomic E-state index is 0.140. The summed E-state index contributed by atoms with van der Waals surface area (Å²) in [5.74, 6) is 6.87. The van der Waals surface area contributed by atoms with Crippen LogP contribution in [0.1, 0.15) is 27.7 Å². The number of aromatic nitrogens is 1. The summed E-state index contributed by atoms with van der Waals surface area (Å²) >= 11 is 12.0. The Balaban J connectivity index is 2.85. The van der Waals surface area contributed by atoms with Gasteiger partial charge in [0.1, 0.15) is 5.82 Å². The van der Waals surface area contributed by atoms with E-state index in [0.717, 1.165) is 6.54 Å². The Hall–Kier alpha value is -0.710. The zero-order valence-corrected chi connectivity index (χ0v) is 12.7. The molecule has 0 aromatic carbocycles. The van der Waals surface area contributed by atoms with Crippen molar-refractivity contribution < 1.29 is 0 Å². The molecule has 1 aromatic rings. The highest BCUT2D eigenvalue weighted by atomic mass is 35.5. The molecule has 18 heavy (non-hydrogen) atoms. The molecule has 4 nitrogen and oxygen atoms in total. The number of halogens is 2. The Morgan fingerprint density at radius 3 is 2.33 bits per heavy atom. The number of hydrogen-bond donors (Lipinski definition) is 3. The Morgan fingerprint density at radius 1 is 1.28 bits per heavy atom. The van der Waals surface area contributed by atoms with Crippen LogP contribution in [0.2, 0.25) is 10.0 Å². The second kappa shape index (κ2) is 5.95. The van der Waals surface area contributed by atoms with Crippen LogP contribution in [0.3, 0.4) is 0 Å². The van der Waals surface area contributed by atoms with Gasteiger partial charge in [-0.05, 0) is 17.4 Å². The molecule has 0 radical (unpaired) electrons. The third kappa shape index (κ3) is 3.64. The van der Waals surface area contributed by atoms with Gasteiger partial charge in [-0.15, -0.1) is 0 Å². The first-order valence-corrected chi connectivity index (χ1v) is 6.60. The van der Waals surface area contributed by atoms with Gasteiger partial charge < -0.3 is 10.7 Å². The number of nitrogens with two attached hydrogens (primary N) is 1. The smallest absolute Gasteiger partial charge is 0.161 e. The maximum Gasteiger partial charge on any atom is 0.161 e. The predicted octanol–water partition coefficient (Wildman–Crippen LogP) is 3.77. The summed E-state index contributed by atoms with van der Waals surface area (Å²) in [6.07, 6.45) is 0.